The van der Waals surface area contributed by atoms with Gasteiger partial charge < -0.3 is 0 Å². The van der Waals surface area contributed by atoms with E-state index in [1.165, 1.54) is 38.5 Å². The van der Waals surface area contributed by atoms with E-state index in [-0.39, 0.29) is 34.2 Å². The van der Waals surface area contributed by atoms with Crippen LogP contribution in [-0.4, -0.2) is 49.0 Å². The molecule has 4 rings (SSSR count). The Morgan fingerprint density at radius 1 is 0.658 bits per heavy atom. The quantitative estimate of drug-likeness (QED) is 0.254. The van der Waals surface area contributed by atoms with Gasteiger partial charge in [-0.05, 0) is 48.3 Å². The van der Waals surface area contributed by atoms with Crippen molar-refractivity contribution < 1.29 is 35.5 Å². The van der Waals surface area contributed by atoms with Gasteiger partial charge in [-0.15, -0.1) is 0 Å². The van der Waals surface area contributed by atoms with Crippen LogP contribution in [0.1, 0.15) is 119 Å². The summed E-state index contributed by atoms with van der Waals surface area (Å²) in [5, 5.41) is 0. The first kappa shape index (κ1) is 33.4. The molecule has 4 aliphatic carbocycles. The minimum atomic E-state index is -4.08. The van der Waals surface area contributed by atoms with Crippen molar-refractivity contribution in [2.24, 2.45) is 33.5 Å². The van der Waals surface area contributed by atoms with Gasteiger partial charge in [0.1, 0.15) is 11.6 Å². The molecule has 0 radical (unpaired) electrons. The topological polar surface area (TPSA) is 143 Å². The smallest absolute Gasteiger partial charge is 0.265 e. The fourth-order valence-corrected chi connectivity index (χ4v) is 10.3. The summed E-state index contributed by atoms with van der Waals surface area (Å²) >= 11 is 0. The van der Waals surface area contributed by atoms with Crippen LogP contribution in [0, 0.1) is 33.5 Å². The van der Waals surface area contributed by atoms with Crippen molar-refractivity contribution in [1.29, 1.82) is 0 Å². The third kappa shape index (κ3) is 6.72. The zero-order valence-electron chi connectivity index (χ0n) is 24.2. The summed E-state index contributed by atoms with van der Waals surface area (Å²) in [6.45, 7) is 12.3. The van der Waals surface area contributed by atoms with Crippen molar-refractivity contribution >= 4 is 31.8 Å². The van der Waals surface area contributed by atoms with E-state index in [0.29, 0.717) is 25.7 Å². The Balaban J connectivity index is 0.000000211. The van der Waals surface area contributed by atoms with Crippen LogP contribution in [0.3, 0.4) is 0 Å². The number of carbonyl (C=O) groups is 2. The monoisotopic (exact) mass is 578 g/mol. The van der Waals surface area contributed by atoms with Crippen LogP contribution < -0.4 is 0 Å². The lowest BCUT2D eigenvalue weighted by molar-refractivity contribution is -0.128. The first-order valence-corrected chi connectivity index (χ1v) is 17.5. The van der Waals surface area contributed by atoms with Gasteiger partial charge in [0.25, 0.3) is 20.2 Å². The molecule has 38 heavy (non-hydrogen) atoms. The molecule has 0 aromatic rings. The molecule has 4 fully saturated rings. The van der Waals surface area contributed by atoms with Gasteiger partial charge in [0.15, 0.2) is 0 Å². The third-order valence-corrected chi connectivity index (χ3v) is 12.3. The number of hydrogen-bond acceptors (Lipinski definition) is 6. The molecule has 4 saturated carbocycles. The predicted molar refractivity (Wildman–Crippen MR) is 149 cm³/mol. The maximum absolute atomic E-state index is 11.9. The maximum Gasteiger partial charge on any atom is 0.265 e. The van der Waals surface area contributed by atoms with Crippen molar-refractivity contribution in [3.63, 3.8) is 0 Å². The molecule has 4 bridgehead atoms. The molecule has 8 nitrogen and oxygen atoms in total. The lowest BCUT2D eigenvalue weighted by Gasteiger charge is -2.35. The molecule has 0 aromatic heterocycles. The molecule has 0 saturated heterocycles. The molecule has 0 spiro atoms. The van der Waals surface area contributed by atoms with Crippen LogP contribution in [-0.2, 0) is 29.8 Å². The van der Waals surface area contributed by atoms with Crippen molar-refractivity contribution in [2.75, 3.05) is 11.5 Å². The molecule has 4 unspecified atom stereocenters. The Labute approximate surface area is 230 Å². The van der Waals surface area contributed by atoms with Crippen molar-refractivity contribution in [1.82, 2.24) is 0 Å². The van der Waals surface area contributed by atoms with Crippen molar-refractivity contribution in [2.45, 2.75) is 119 Å². The molecule has 10 heteroatoms. The minimum absolute atomic E-state index is 0.0152. The summed E-state index contributed by atoms with van der Waals surface area (Å²) in [6.07, 6.45) is 12.4. The Hall–Kier alpha value is -0.840. The number of carbonyl (C=O) groups excluding carboxylic acids is 2. The van der Waals surface area contributed by atoms with E-state index in [4.69, 9.17) is 9.11 Å². The second kappa shape index (κ2) is 12.0. The average Bonchev–Trinajstić information content (AvgIpc) is 3.28. The van der Waals surface area contributed by atoms with Crippen LogP contribution in [0.5, 0.6) is 0 Å². The normalized spacial score (nSPS) is 32.5. The van der Waals surface area contributed by atoms with Gasteiger partial charge in [-0.2, -0.15) is 16.8 Å². The molecule has 4 atom stereocenters. The van der Waals surface area contributed by atoms with Gasteiger partial charge in [-0.1, -0.05) is 80.1 Å². The van der Waals surface area contributed by atoms with E-state index in [0.717, 1.165) is 12.8 Å². The summed E-state index contributed by atoms with van der Waals surface area (Å²) in [4.78, 5) is 23.8. The summed E-state index contributed by atoms with van der Waals surface area (Å²) in [7, 11) is -8.15. The Bertz CT molecular complexity index is 990. The number of ketones is 2. The highest BCUT2D eigenvalue weighted by Gasteiger charge is 2.66. The third-order valence-electron chi connectivity index (χ3n) is 10.6. The lowest BCUT2D eigenvalue weighted by Crippen LogP contribution is -2.42. The molecule has 0 aromatic carbocycles. The minimum Gasteiger partial charge on any atom is -0.299 e. The van der Waals surface area contributed by atoms with Crippen molar-refractivity contribution in [3.8, 4) is 0 Å². The second-order valence-corrected chi connectivity index (χ2v) is 16.1. The van der Waals surface area contributed by atoms with E-state index in [1.807, 2.05) is 27.7 Å². The molecule has 0 amide bonds. The fraction of sp³-hybridized carbons (Fsp3) is 0.929. The van der Waals surface area contributed by atoms with Crippen LogP contribution in [0.4, 0.5) is 0 Å². The molecule has 0 aliphatic heterocycles. The lowest BCUT2D eigenvalue weighted by atomic mass is 9.70. The van der Waals surface area contributed by atoms with Gasteiger partial charge >= 0.3 is 0 Å². The largest absolute Gasteiger partial charge is 0.299 e. The van der Waals surface area contributed by atoms with Gasteiger partial charge in [0.05, 0.1) is 22.3 Å². The second-order valence-electron chi connectivity index (χ2n) is 13.2. The SMILES string of the molecule is CC1(C)C2CCC1(CS(=O)(=O)O)C(=O)C2.CC1(C)C2CCC1(CS(=O)(=O)O)C(=O)C2.CCCCCCCC. The number of Topliss-reactive ketones (excluding diaryl/α,β-unsaturated/α-hetero) is 2. The van der Waals surface area contributed by atoms with Gasteiger partial charge in [0, 0.05) is 12.8 Å². The summed E-state index contributed by atoms with van der Waals surface area (Å²) in [5.74, 6) is -0.203. The zero-order valence-corrected chi connectivity index (χ0v) is 25.8. The number of rotatable bonds is 9. The van der Waals surface area contributed by atoms with Crippen LogP contribution >= 0.6 is 0 Å². The molecule has 0 heterocycles. The highest BCUT2D eigenvalue weighted by Crippen LogP contribution is 2.65. The van der Waals surface area contributed by atoms with Gasteiger partial charge in [-0.3, -0.25) is 18.7 Å². The first-order valence-electron chi connectivity index (χ1n) is 14.3. The maximum atomic E-state index is 11.9. The van der Waals surface area contributed by atoms with E-state index in [2.05, 4.69) is 13.8 Å². The Morgan fingerprint density at radius 3 is 1.16 bits per heavy atom. The van der Waals surface area contributed by atoms with E-state index >= 15 is 0 Å². The van der Waals surface area contributed by atoms with Gasteiger partial charge in [-0.25, -0.2) is 0 Å². The first-order chi connectivity index (χ1) is 17.3. The summed E-state index contributed by atoms with van der Waals surface area (Å²) < 4.78 is 62.0. The molecular formula is C28H50O8S2. The van der Waals surface area contributed by atoms with E-state index < -0.39 is 42.6 Å². The number of hydrogen-bond donors (Lipinski definition) is 2. The molecule has 4 aliphatic rings. The van der Waals surface area contributed by atoms with E-state index in [9.17, 15) is 26.4 Å². The van der Waals surface area contributed by atoms with Crippen LogP contribution in [0.2, 0.25) is 0 Å². The standard InChI is InChI=1S/2C10H16O4S.C8H18/c2*1-9(2)7-3-4-10(9,8(11)5-7)6-15(12,13)14;1-3-5-7-8-6-4-2/h2*7H,3-6H2,1-2H3,(H,12,13,14);3-8H2,1-2H3. The van der Waals surface area contributed by atoms with E-state index in [1.54, 1.807) is 0 Å². The average molecular weight is 579 g/mol. The Kier molecular flexibility index (Phi) is 10.5. The van der Waals surface area contributed by atoms with Gasteiger partial charge in [0.2, 0.25) is 0 Å². The highest BCUT2D eigenvalue weighted by atomic mass is 32.2. The molecule has 2 N–H and O–H groups in total. The van der Waals surface area contributed by atoms with Crippen LogP contribution in [0.25, 0.3) is 0 Å². The summed E-state index contributed by atoms with van der Waals surface area (Å²) in [5.41, 5.74) is -2.24. The van der Waals surface area contributed by atoms with Crippen molar-refractivity contribution in [3.05, 3.63) is 0 Å². The number of unbranched alkanes of at least 4 members (excludes halogenated alkanes) is 5. The summed E-state index contributed by atoms with van der Waals surface area (Å²) in [6, 6.07) is 0. The number of fused-ring (bicyclic) bond motifs is 4. The predicted octanol–water partition coefficient (Wildman–Crippen LogP) is 5.91. The zero-order chi connectivity index (χ0) is 29.2. The van der Waals surface area contributed by atoms with Crippen LogP contribution in [0.15, 0.2) is 0 Å². The molecule has 222 valence electrons. The highest BCUT2D eigenvalue weighted by molar-refractivity contribution is 7.86. The fourth-order valence-electron chi connectivity index (χ4n) is 7.69. The molecular weight excluding hydrogens is 528 g/mol. The Morgan fingerprint density at radius 2 is 0.974 bits per heavy atom.